The van der Waals surface area contributed by atoms with Crippen molar-refractivity contribution in [2.75, 3.05) is 31.1 Å². The van der Waals surface area contributed by atoms with Crippen LogP contribution in [0.4, 0.5) is 5.69 Å². The Morgan fingerprint density at radius 2 is 2.24 bits per heavy atom. The third-order valence-electron chi connectivity index (χ3n) is 4.45. The van der Waals surface area contributed by atoms with Gasteiger partial charge in [-0.1, -0.05) is 37.3 Å². The molecule has 1 aliphatic heterocycles. The number of benzene rings is 1. The van der Waals surface area contributed by atoms with Crippen molar-refractivity contribution in [3.05, 3.63) is 53.1 Å². The minimum atomic E-state index is -0.236. The molecule has 0 bridgehead atoms. The van der Waals surface area contributed by atoms with Crippen LogP contribution in [-0.2, 0) is 22.4 Å². The van der Waals surface area contributed by atoms with Crippen molar-refractivity contribution in [3.63, 3.8) is 0 Å². The highest BCUT2D eigenvalue weighted by molar-refractivity contribution is 5.91. The molecule has 0 unspecified atom stereocenters. The number of ether oxygens (including phenoxy) is 1. The van der Waals surface area contributed by atoms with E-state index in [0.29, 0.717) is 18.7 Å². The predicted molar refractivity (Wildman–Crippen MR) is 104 cm³/mol. The second-order valence-electron chi connectivity index (χ2n) is 6.28. The summed E-state index contributed by atoms with van der Waals surface area (Å²) in [5.74, 6) is -0.236. The van der Waals surface area contributed by atoms with Crippen molar-refractivity contribution in [1.82, 2.24) is 0 Å². The number of allylic oxidation sites excluding steroid dienone is 2. The number of rotatable bonds is 9. The zero-order chi connectivity index (χ0) is 18.1. The molecule has 0 atom stereocenters. The highest BCUT2D eigenvalue weighted by Gasteiger charge is 2.18. The predicted octanol–water partition coefficient (Wildman–Crippen LogP) is 3.40. The van der Waals surface area contributed by atoms with Crippen molar-refractivity contribution in [2.45, 2.75) is 39.5 Å². The number of hydrogen-bond donors (Lipinski definition) is 1. The average molecular weight is 342 g/mol. The lowest BCUT2D eigenvalue weighted by Crippen LogP contribution is -2.23. The quantitative estimate of drug-likeness (QED) is 0.323. The Morgan fingerprint density at radius 1 is 1.40 bits per heavy atom. The van der Waals surface area contributed by atoms with Gasteiger partial charge in [-0.05, 0) is 56.3 Å². The van der Waals surface area contributed by atoms with Gasteiger partial charge in [0.2, 0.25) is 0 Å². The SMILES string of the molecule is C/C=C(\C=C/CC)C(=O)OCCCN1CCc2cc(CCN)ccc21. The highest BCUT2D eigenvalue weighted by atomic mass is 16.5. The van der Waals surface area contributed by atoms with Crippen LogP contribution >= 0.6 is 0 Å². The average Bonchev–Trinajstić information content (AvgIpc) is 3.02. The third-order valence-corrected chi connectivity index (χ3v) is 4.45. The van der Waals surface area contributed by atoms with E-state index in [1.807, 2.05) is 26.0 Å². The number of fused-ring (bicyclic) bond motifs is 1. The van der Waals surface area contributed by atoms with Gasteiger partial charge >= 0.3 is 5.97 Å². The maximum absolute atomic E-state index is 12.0. The van der Waals surface area contributed by atoms with Crippen molar-refractivity contribution in [1.29, 1.82) is 0 Å². The summed E-state index contributed by atoms with van der Waals surface area (Å²) in [4.78, 5) is 14.4. The van der Waals surface area contributed by atoms with Gasteiger partial charge in [0.05, 0.1) is 12.2 Å². The van der Waals surface area contributed by atoms with E-state index in [9.17, 15) is 4.79 Å². The van der Waals surface area contributed by atoms with Gasteiger partial charge in [0.25, 0.3) is 0 Å². The fourth-order valence-corrected chi connectivity index (χ4v) is 3.11. The van der Waals surface area contributed by atoms with E-state index in [1.54, 1.807) is 6.08 Å². The van der Waals surface area contributed by atoms with Gasteiger partial charge in [-0.3, -0.25) is 0 Å². The van der Waals surface area contributed by atoms with E-state index < -0.39 is 0 Å². The first-order chi connectivity index (χ1) is 12.2. The summed E-state index contributed by atoms with van der Waals surface area (Å²) in [7, 11) is 0. The minimum Gasteiger partial charge on any atom is -0.462 e. The molecule has 0 saturated carbocycles. The summed E-state index contributed by atoms with van der Waals surface area (Å²) < 4.78 is 5.39. The molecule has 1 heterocycles. The van der Waals surface area contributed by atoms with E-state index in [-0.39, 0.29) is 5.97 Å². The lowest BCUT2D eigenvalue weighted by atomic mass is 10.1. The van der Waals surface area contributed by atoms with E-state index in [0.717, 1.165) is 38.8 Å². The van der Waals surface area contributed by atoms with Crippen LogP contribution in [0.25, 0.3) is 0 Å². The molecule has 0 radical (unpaired) electrons. The summed E-state index contributed by atoms with van der Waals surface area (Å²) in [6.45, 7) is 6.99. The number of esters is 1. The highest BCUT2D eigenvalue weighted by Crippen LogP contribution is 2.29. The molecule has 1 aromatic rings. The number of nitrogens with two attached hydrogens (primary N) is 1. The second-order valence-corrected chi connectivity index (χ2v) is 6.28. The summed E-state index contributed by atoms with van der Waals surface area (Å²) >= 11 is 0. The monoisotopic (exact) mass is 342 g/mol. The topological polar surface area (TPSA) is 55.6 Å². The number of carbonyl (C=O) groups is 1. The summed E-state index contributed by atoms with van der Waals surface area (Å²) in [6.07, 6.45) is 9.36. The van der Waals surface area contributed by atoms with Crippen molar-refractivity contribution < 1.29 is 9.53 Å². The maximum atomic E-state index is 12.0. The Labute approximate surface area is 151 Å². The number of carbonyl (C=O) groups excluding carboxylic acids is 1. The molecule has 0 spiro atoms. The van der Waals surface area contributed by atoms with Crippen LogP contribution in [0.2, 0.25) is 0 Å². The molecular formula is C21H30N2O2. The van der Waals surface area contributed by atoms with E-state index >= 15 is 0 Å². The van der Waals surface area contributed by atoms with E-state index in [4.69, 9.17) is 10.5 Å². The van der Waals surface area contributed by atoms with E-state index in [1.165, 1.54) is 16.8 Å². The molecule has 0 fully saturated rings. The fraction of sp³-hybridized carbons (Fsp3) is 0.476. The van der Waals surface area contributed by atoms with Gasteiger partial charge in [-0.2, -0.15) is 0 Å². The zero-order valence-electron chi connectivity index (χ0n) is 15.5. The molecule has 4 heteroatoms. The molecule has 2 rings (SSSR count). The minimum absolute atomic E-state index is 0.236. The molecule has 1 aliphatic rings. The largest absolute Gasteiger partial charge is 0.462 e. The van der Waals surface area contributed by atoms with Crippen molar-refractivity contribution in [2.24, 2.45) is 5.73 Å². The Kier molecular flexibility index (Phi) is 7.74. The Balaban J connectivity index is 1.79. The Hall–Kier alpha value is -2.07. The second kappa shape index (κ2) is 10.0. The molecule has 0 aromatic heterocycles. The molecule has 0 saturated heterocycles. The van der Waals surface area contributed by atoms with Crippen LogP contribution in [0.5, 0.6) is 0 Å². The lowest BCUT2D eigenvalue weighted by Gasteiger charge is -2.19. The third kappa shape index (κ3) is 5.46. The summed E-state index contributed by atoms with van der Waals surface area (Å²) in [6, 6.07) is 6.65. The van der Waals surface area contributed by atoms with Gasteiger partial charge in [0.1, 0.15) is 0 Å². The first kappa shape index (κ1) is 19.3. The van der Waals surface area contributed by atoms with Crippen molar-refractivity contribution >= 4 is 11.7 Å². The Morgan fingerprint density at radius 3 is 2.96 bits per heavy atom. The normalized spacial score (nSPS) is 14.2. The van der Waals surface area contributed by atoms with Crippen LogP contribution < -0.4 is 10.6 Å². The first-order valence-electron chi connectivity index (χ1n) is 9.26. The maximum Gasteiger partial charge on any atom is 0.337 e. The first-order valence-corrected chi connectivity index (χ1v) is 9.26. The number of anilines is 1. The smallest absolute Gasteiger partial charge is 0.337 e. The fourth-order valence-electron chi connectivity index (χ4n) is 3.11. The van der Waals surface area contributed by atoms with Gasteiger partial charge in [-0.15, -0.1) is 0 Å². The van der Waals surface area contributed by atoms with Crippen LogP contribution in [-0.4, -0.2) is 32.2 Å². The summed E-state index contributed by atoms with van der Waals surface area (Å²) in [5, 5.41) is 0. The molecule has 4 nitrogen and oxygen atoms in total. The molecule has 136 valence electrons. The van der Waals surface area contributed by atoms with Crippen LogP contribution in [0.3, 0.4) is 0 Å². The van der Waals surface area contributed by atoms with Gasteiger partial charge < -0.3 is 15.4 Å². The number of hydrogen-bond acceptors (Lipinski definition) is 4. The zero-order valence-corrected chi connectivity index (χ0v) is 15.5. The van der Waals surface area contributed by atoms with Gasteiger partial charge in [0, 0.05) is 18.8 Å². The van der Waals surface area contributed by atoms with Crippen LogP contribution in [0.15, 0.2) is 42.0 Å². The molecule has 25 heavy (non-hydrogen) atoms. The number of nitrogens with zero attached hydrogens (tertiary/aromatic N) is 1. The lowest BCUT2D eigenvalue weighted by molar-refractivity contribution is -0.138. The van der Waals surface area contributed by atoms with Gasteiger partial charge in [-0.25, -0.2) is 4.79 Å². The molecular weight excluding hydrogens is 312 g/mol. The Bertz CT molecular complexity index is 635. The van der Waals surface area contributed by atoms with Gasteiger partial charge in [0.15, 0.2) is 0 Å². The molecule has 0 amide bonds. The van der Waals surface area contributed by atoms with Crippen molar-refractivity contribution in [3.8, 4) is 0 Å². The van der Waals surface area contributed by atoms with E-state index in [2.05, 4.69) is 23.1 Å². The van der Waals surface area contributed by atoms with Crippen LogP contribution in [0, 0.1) is 0 Å². The summed E-state index contributed by atoms with van der Waals surface area (Å²) in [5.41, 5.74) is 10.3. The van der Waals surface area contributed by atoms with Crippen LogP contribution in [0.1, 0.15) is 37.8 Å². The molecule has 2 N–H and O–H groups in total. The standard InChI is InChI=1S/C21H30N2O2/c1-3-5-7-18(4-2)21(24)25-15-6-13-23-14-11-19-16-17(10-12-22)8-9-20(19)23/h4-5,7-9,16H,3,6,10-15,22H2,1-2H3/b7-5-,18-4+. The molecule has 0 aliphatic carbocycles. The molecule has 1 aromatic carbocycles.